The van der Waals surface area contributed by atoms with Crippen molar-refractivity contribution in [1.29, 1.82) is 0 Å². The second-order valence-electron chi connectivity index (χ2n) is 2.78. The van der Waals surface area contributed by atoms with Gasteiger partial charge in [0.05, 0.1) is 10.6 Å². The van der Waals surface area contributed by atoms with Crippen molar-refractivity contribution >= 4 is 23.4 Å². The molecule has 0 aliphatic carbocycles. The maximum Gasteiger partial charge on any atom is 0.337 e. The van der Waals surface area contributed by atoms with Crippen LogP contribution in [0.1, 0.15) is 23.7 Å². The summed E-state index contributed by atoms with van der Waals surface area (Å²) in [6.45, 7) is 2.77. The number of anilines is 1. The highest BCUT2D eigenvalue weighted by Crippen LogP contribution is 2.17. The van der Waals surface area contributed by atoms with Gasteiger partial charge in [-0.3, -0.25) is 0 Å². The molecule has 0 radical (unpaired) electrons. The van der Waals surface area contributed by atoms with Crippen molar-refractivity contribution < 1.29 is 9.90 Å². The molecule has 5 heteroatoms. The van der Waals surface area contributed by atoms with Crippen molar-refractivity contribution in [2.75, 3.05) is 11.9 Å². The van der Waals surface area contributed by atoms with Gasteiger partial charge in [0.25, 0.3) is 0 Å². The van der Waals surface area contributed by atoms with Crippen LogP contribution >= 0.6 is 11.6 Å². The van der Waals surface area contributed by atoms with E-state index in [1.54, 1.807) is 0 Å². The summed E-state index contributed by atoms with van der Waals surface area (Å²) in [6.07, 6.45) is 2.29. The molecular weight excluding hydrogens is 204 g/mol. The lowest BCUT2D eigenvalue weighted by Gasteiger charge is -2.05. The van der Waals surface area contributed by atoms with Gasteiger partial charge in [-0.15, -0.1) is 0 Å². The first kappa shape index (κ1) is 10.8. The van der Waals surface area contributed by atoms with Crippen molar-refractivity contribution in [2.24, 2.45) is 0 Å². The van der Waals surface area contributed by atoms with Crippen LogP contribution in [0.5, 0.6) is 0 Å². The molecule has 2 N–H and O–H groups in total. The highest BCUT2D eigenvalue weighted by Gasteiger charge is 2.09. The van der Waals surface area contributed by atoms with Crippen LogP contribution in [0, 0.1) is 0 Å². The Bertz CT molecular complexity index is 342. The number of hydrogen-bond acceptors (Lipinski definition) is 3. The number of pyridine rings is 1. The van der Waals surface area contributed by atoms with Gasteiger partial charge in [-0.1, -0.05) is 18.5 Å². The van der Waals surface area contributed by atoms with E-state index in [0.29, 0.717) is 5.82 Å². The molecule has 0 saturated carbocycles. The first-order valence-electron chi connectivity index (χ1n) is 4.28. The molecule has 0 atom stereocenters. The average molecular weight is 215 g/mol. The third-order valence-corrected chi connectivity index (χ3v) is 1.94. The number of hydrogen-bond donors (Lipinski definition) is 2. The molecule has 1 aromatic rings. The van der Waals surface area contributed by atoms with E-state index in [2.05, 4.69) is 10.3 Å². The van der Waals surface area contributed by atoms with Crippen molar-refractivity contribution in [2.45, 2.75) is 13.3 Å². The summed E-state index contributed by atoms with van der Waals surface area (Å²) in [5.74, 6) is -0.509. The van der Waals surface area contributed by atoms with Gasteiger partial charge >= 0.3 is 5.97 Å². The Balaban J connectivity index is 2.89. The lowest BCUT2D eigenvalue weighted by Crippen LogP contribution is -2.05. The van der Waals surface area contributed by atoms with Crippen molar-refractivity contribution in [3.05, 3.63) is 22.8 Å². The first-order valence-corrected chi connectivity index (χ1v) is 4.65. The summed E-state index contributed by atoms with van der Waals surface area (Å²) in [7, 11) is 0. The fraction of sp³-hybridized carbons (Fsp3) is 0.333. The predicted octanol–water partition coefficient (Wildman–Crippen LogP) is 2.26. The smallest absolute Gasteiger partial charge is 0.337 e. The molecule has 14 heavy (non-hydrogen) atoms. The molecule has 76 valence electrons. The Morgan fingerprint density at radius 2 is 2.43 bits per heavy atom. The molecule has 0 aromatic carbocycles. The summed E-state index contributed by atoms with van der Waals surface area (Å²) in [4.78, 5) is 14.7. The van der Waals surface area contributed by atoms with Gasteiger partial charge in [0, 0.05) is 12.7 Å². The number of aromatic carboxylic acids is 1. The van der Waals surface area contributed by atoms with Crippen LogP contribution in [0.25, 0.3) is 0 Å². The molecule has 0 saturated heterocycles. The van der Waals surface area contributed by atoms with Gasteiger partial charge in [-0.2, -0.15) is 0 Å². The van der Waals surface area contributed by atoms with Gasteiger partial charge in [0.1, 0.15) is 5.82 Å². The zero-order valence-corrected chi connectivity index (χ0v) is 8.51. The van der Waals surface area contributed by atoms with Gasteiger partial charge in [-0.25, -0.2) is 9.78 Å². The first-order chi connectivity index (χ1) is 6.65. The summed E-state index contributed by atoms with van der Waals surface area (Å²) in [6, 6.07) is 1.43. The summed E-state index contributed by atoms with van der Waals surface area (Å²) >= 11 is 5.65. The van der Waals surface area contributed by atoms with E-state index in [-0.39, 0.29) is 10.6 Å². The van der Waals surface area contributed by atoms with Crippen LogP contribution in [0.4, 0.5) is 5.82 Å². The molecule has 0 unspecified atom stereocenters. The average Bonchev–Trinajstić information content (AvgIpc) is 2.16. The van der Waals surface area contributed by atoms with Crippen LogP contribution in [-0.2, 0) is 0 Å². The molecule has 0 amide bonds. The molecule has 0 aliphatic rings. The normalized spacial score (nSPS) is 9.86. The van der Waals surface area contributed by atoms with E-state index >= 15 is 0 Å². The van der Waals surface area contributed by atoms with Crippen LogP contribution in [0.15, 0.2) is 12.3 Å². The predicted molar refractivity (Wildman–Crippen MR) is 55.0 cm³/mol. The molecule has 1 rings (SSSR count). The van der Waals surface area contributed by atoms with Crippen LogP contribution in [-0.4, -0.2) is 22.6 Å². The number of carbonyl (C=O) groups is 1. The van der Waals surface area contributed by atoms with Crippen LogP contribution in [0.3, 0.4) is 0 Å². The highest BCUT2D eigenvalue weighted by atomic mass is 35.5. The molecule has 0 bridgehead atoms. The molecule has 1 heterocycles. The minimum atomic E-state index is -1.04. The Labute approximate surface area is 86.9 Å². The van der Waals surface area contributed by atoms with Gasteiger partial charge in [0.2, 0.25) is 0 Å². The van der Waals surface area contributed by atoms with E-state index < -0.39 is 5.97 Å². The minimum Gasteiger partial charge on any atom is -0.478 e. The summed E-state index contributed by atoms with van der Waals surface area (Å²) in [5.41, 5.74) is 0.0697. The van der Waals surface area contributed by atoms with E-state index in [0.717, 1.165) is 13.0 Å². The van der Waals surface area contributed by atoms with E-state index in [1.165, 1.54) is 12.3 Å². The third kappa shape index (κ3) is 2.60. The number of nitrogens with zero attached hydrogens (tertiary/aromatic N) is 1. The molecular formula is C9H11ClN2O2. The van der Waals surface area contributed by atoms with Gasteiger partial charge in [0.15, 0.2) is 0 Å². The monoisotopic (exact) mass is 214 g/mol. The number of nitrogens with one attached hydrogen (secondary N) is 1. The minimum absolute atomic E-state index is 0.0697. The zero-order chi connectivity index (χ0) is 10.6. The second kappa shape index (κ2) is 4.81. The highest BCUT2D eigenvalue weighted by molar-refractivity contribution is 6.33. The fourth-order valence-corrected chi connectivity index (χ4v) is 1.14. The Hall–Kier alpha value is -1.29. The Kier molecular flexibility index (Phi) is 3.71. The second-order valence-corrected chi connectivity index (χ2v) is 3.19. The number of halogens is 1. The zero-order valence-electron chi connectivity index (χ0n) is 7.75. The number of aromatic nitrogens is 1. The lowest BCUT2D eigenvalue weighted by atomic mass is 10.2. The summed E-state index contributed by atoms with van der Waals surface area (Å²) in [5, 5.41) is 11.9. The van der Waals surface area contributed by atoms with Gasteiger partial charge in [-0.05, 0) is 12.5 Å². The molecule has 0 spiro atoms. The quantitative estimate of drug-likeness (QED) is 0.807. The van der Waals surface area contributed by atoms with Crippen molar-refractivity contribution in [3.8, 4) is 0 Å². The molecule has 4 nitrogen and oxygen atoms in total. The fourth-order valence-electron chi connectivity index (χ4n) is 0.952. The largest absolute Gasteiger partial charge is 0.478 e. The molecule has 0 aliphatic heterocycles. The molecule has 1 aromatic heterocycles. The lowest BCUT2D eigenvalue weighted by molar-refractivity contribution is 0.0697. The van der Waals surface area contributed by atoms with E-state index in [9.17, 15) is 4.79 Å². The maximum absolute atomic E-state index is 10.7. The number of carboxylic acids is 1. The Morgan fingerprint density at radius 3 is 3.00 bits per heavy atom. The maximum atomic E-state index is 10.7. The Morgan fingerprint density at radius 1 is 1.71 bits per heavy atom. The number of carboxylic acid groups (broad SMARTS) is 1. The van der Waals surface area contributed by atoms with Gasteiger partial charge < -0.3 is 10.4 Å². The van der Waals surface area contributed by atoms with Crippen molar-refractivity contribution in [1.82, 2.24) is 4.98 Å². The SMILES string of the molecule is CCCNc1cc(C(=O)O)c(Cl)cn1. The van der Waals surface area contributed by atoms with Crippen LogP contribution < -0.4 is 5.32 Å². The third-order valence-electron chi connectivity index (χ3n) is 1.64. The standard InChI is InChI=1S/C9H11ClN2O2/c1-2-3-11-8-4-6(9(13)14)7(10)5-12-8/h4-5H,2-3H2,1H3,(H,11,12)(H,13,14). The van der Waals surface area contributed by atoms with Crippen molar-refractivity contribution in [3.63, 3.8) is 0 Å². The number of rotatable bonds is 4. The van der Waals surface area contributed by atoms with Crippen LogP contribution in [0.2, 0.25) is 5.02 Å². The summed E-state index contributed by atoms with van der Waals surface area (Å²) < 4.78 is 0. The topological polar surface area (TPSA) is 62.2 Å². The van der Waals surface area contributed by atoms with E-state index in [1.807, 2.05) is 6.92 Å². The van der Waals surface area contributed by atoms with E-state index in [4.69, 9.17) is 16.7 Å². The molecule has 0 fully saturated rings.